The van der Waals surface area contributed by atoms with Crippen LogP contribution in [0.25, 0.3) is 0 Å². The number of nitrogens with one attached hydrogen (secondary N) is 3. The van der Waals surface area contributed by atoms with Gasteiger partial charge >= 0.3 is 0 Å². The Hall–Kier alpha value is -2.23. The zero-order chi connectivity index (χ0) is 20.1. The average molecular weight is 466 g/mol. The highest BCUT2D eigenvalue weighted by atomic mass is 79.9. The van der Waals surface area contributed by atoms with Gasteiger partial charge in [-0.1, -0.05) is 22.0 Å². The third-order valence-corrected chi connectivity index (χ3v) is 6.14. The number of halogens is 1. The van der Waals surface area contributed by atoms with Gasteiger partial charge in [0.25, 0.3) is 0 Å². The van der Waals surface area contributed by atoms with E-state index >= 15 is 0 Å². The predicted molar refractivity (Wildman–Crippen MR) is 110 cm³/mol. The van der Waals surface area contributed by atoms with Gasteiger partial charge in [0.2, 0.25) is 21.8 Å². The number of rotatable bonds is 8. The molecule has 1 saturated carbocycles. The highest BCUT2D eigenvalue weighted by molar-refractivity contribution is 9.10. The van der Waals surface area contributed by atoms with Crippen LogP contribution in [0.15, 0.2) is 57.9 Å². The Morgan fingerprint density at radius 2 is 1.64 bits per heavy atom. The largest absolute Gasteiger partial charge is 0.326 e. The molecule has 0 aliphatic heterocycles. The van der Waals surface area contributed by atoms with Crippen molar-refractivity contribution in [2.75, 3.05) is 17.2 Å². The Bertz CT molecular complexity index is 973. The van der Waals surface area contributed by atoms with Crippen molar-refractivity contribution < 1.29 is 18.0 Å². The molecule has 0 bridgehead atoms. The van der Waals surface area contributed by atoms with Gasteiger partial charge in [-0.05, 0) is 55.3 Å². The molecule has 2 aromatic carbocycles. The van der Waals surface area contributed by atoms with Gasteiger partial charge < -0.3 is 10.6 Å². The van der Waals surface area contributed by atoms with Crippen molar-refractivity contribution in [1.29, 1.82) is 0 Å². The van der Waals surface area contributed by atoms with Gasteiger partial charge in [0.15, 0.2) is 0 Å². The molecule has 7 nitrogen and oxygen atoms in total. The smallest absolute Gasteiger partial charge is 0.240 e. The van der Waals surface area contributed by atoms with Gasteiger partial charge in [-0.25, -0.2) is 13.1 Å². The first kappa shape index (κ1) is 20.5. The fraction of sp³-hybridized carbons (Fsp3) is 0.263. The third kappa shape index (κ3) is 5.88. The molecule has 3 N–H and O–H groups in total. The lowest BCUT2D eigenvalue weighted by Crippen LogP contribution is -2.27. The van der Waals surface area contributed by atoms with Crippen molar-refractivity contribution in [1.82, 2.24) is 4.72 Å². The van der Waals surface area contributed by atoms with Crippen molar-refractivity contribution in [2.24, 2.45) is 5.92 Å². The molecule has 1 aliphatic carbocycles. The molecule has 1 fully saturated rings. The summed E-state index contributed by atoms with van der Waals surface area (Å²) in [6, 6.07) is 13.1. The van der Waals surface area contributed by atoms with Crippen molar-refractivity contribution in [3.8, 4) is 0 Å². The fourth-order valence-corrected chi connectivity index (χ4v) is 3.78. The zero-order valence-corrected chi connectivity index (χ0v) is 17.3. The summed E-state index contributed by atoms with van der Waals surface area (Å²) in [6.07, 6.45) is 1.81. The summed E-state index contributed by atoms with van der Waals surface area (Å²) in [7, 11) is -3.67. The maximum atomic E-state index is 12.2. The lowest BCUT2D eigenvalue weighted by molar-refractivity contribution is -0.117. The van der Waals surface area contributed by atoms with E-state index in [1.54, 1.807) is 36.4 Å². The summed E-state index contributed by atoms with van der Waals surface area (Å²) in [5, 5.41) is 5.52. The van der Waals surface area contributed by atoms with E-state index in [1.165, 1.54) is 12.1 Å². The van der Waals surface area contributed by atoms with E-state index in [1.807, 2.05) is 0 Å². The molecular formula is C19H20BrN3O4S. The van der Waals surface area contributed by atoms with Crippen LogP contribution in [0.5, 0.6) is 0 Å². The van der Waals surface area contributed by atoms with Crippen LogP contribution in [0.2, 0.25) is 0 Å². The van der Waals surface area contributed by atoms with Crippen LogP contribution >= 0.6 is 15.9 Å². The Balaban J connectivity index is 1.49. The van der Waals surface area contributed by atoms with Crippen LogP contribution in [-0.4, -0.2) is 26.8 Å². The lowest BCUT2D eigenvalue weighted by atomic mass is 10.2. The molecule has 0 spiro atoms. The minimum absolute atomic E-state index is 0.00850. The summed E-state index contributed by atoms with van der Waals surface area (Å²) < 4.78 is 27.6. The highest BCUT2D eigenvalue weighted by Crippen LogP contribution is 2.30. The summed E-state index contributed by atoms with van der Waals surface area (Å²) >= 11 is 3.25. The second kappa shape index (κ2) is 8.85. The molecule has 2 amide bonds. The fourth-order valence-electron chi connectivity index (χ4n) is 2.48. The predicted octanol–water partition coefficient (Wildman–Crippen LogP) is 3.10. The molecule has 0 heterocycles. The molecule has 0 radical (unpaired) electrons. The van der Waals surface area contributed by atoms with Gasteiger partial charge in [0.1, 0.15) is 0 Å². The average Bonchev–Trinajstić information content (AvgIpc) is 3.47. The van der Waals surface area contributed by atoms with Crippen molar-refractivity contribution in [2.45, 2.75) is 24.2 Å². The minimum Gasteiger partial charge on any atom is -0.326 e. The first-order valence-corrected chi connectivity index (χ1v) is 11.1. The molecule has 0 atom stereocenters. The number of hydrogen-bond acceptors (Lipinski definition) is 4. The lowest BCUT2D eigenvalue weighted by Gasteiger charge is -2.09. The SMILES string of the molecule is O=C(CCNS(=O)(=O)c1ccc(Br)cc1)Nc1cccc(NC(=O)C2CC2)c1. The molecule has 0 aromatic heterocycles. The molecule has 28 heavy (non-hydrogen) atoms. The number of hydrogen-bond donors (Lipinski definition) is 3. The van der Waals surface area contributed by atoms with Crippen molar-refractivity contribution in [3.63, 3.8) is 0 Å². The van der Waals surface area contributed by atoms with E-state index in [9.17, 15) is 18.0 Å². The van der Waals surface area contributed by atoms with Crippen molar-refractivity contribution >= 4 is 49.1 Å². The molecule has 0 saturated heterocycles. The quantitative estimate of drug-likeness (QED) is 0.556. The number of benzene rings is 2. The number of carbonyl (C=O) groups is 2. The Morgan fingerprint density at radius 3 is 2.29 bits per heavy atom. The van der Waals surface area contributed by atoms with Crippen LogP contribution < -0.4 is 15.4 Å². The summed E-state index contributed by atoms with van der Waals surface area (Å²) in [4.78, 5) is 24.0. The Morgan fingerprint density at radius 1 is 1.00 bits per heavy atom. The number of carbonyl (C=O) groups excluding carboxylic acids is 2. The number of amides is 2. The number of anilines is 2. The van der Waals surface area contributed by atoms with E-state index in [0.717, 1.165) is 17.3 Å². The standard InChI is InChI=1S/C19H20BrN3O4S/c20-14-6-8-17(9-7-14)28(26,27)21-11-10-18(24)22-15-2-1-3-16(12-15)23-19(25)13-4-5-13/h1-3,6-9,12-13,21H,4-5,10-11H2,(H,22,24)(H,23,25). The molecule has 9 heteroatoms. The summed E-state index contributed by atoms with van der Waals surface area (Å²) in [5.74, 6) is -0.244. The van der Waals surface area contributed by atoms with Gasteiger partial charge in [0, 0.05) is 34.7 Å². The van der Waals surface area contributed by atoms with Crippen LogP contribution in [0.1, 0.15) is 19.3 Å². The summed E-state index contributed by atoms with van der Waals surface area (Å²) in [5.41, 5.74) is 1.15. The first-order chi connectivity index (χ1) is 13.3. The molecular weight excluding hydrogens is 446 g/mol. The number of sulfonamides is 1. The van der Waals surface area contributed by atoms with Crippen molar-refractivity contribution in [3.05, 3.63) is 53.0 Å². The zero-order valence-electron chi connectivity index (χ0n) is 14.9. The van der Waals surface area contributed by atoms with E-state index in [2.05, 4.69) is 31.3 Å². The van der Waals surface area contributed by atoms with E-state index in [4.69, 9.17) is 0 Å². The van der Waals surface area contributed by atoms with Gasteiger partial charge in [-0.3, -0.25) is 9.59 Å². The highest BCUT2D eigenvalue weighted by Gasteiger charge is 2.29. The van der Waals surface area contributed by atoms with Crippen LogP contribution in [0, 0.1) is 5.92 Å². The van der Waals surface area contributed by atoms with Crippen LogP contribution in [0.3, 0.4) is 0 Å². The van der Waals surface area contributed by atoms with Gasteiger partial charge in [-0.2, -0.15) is 0 Å². The van der Waals surface area contributed by atoms with Gasteiger partial charge in [-0.15, -0.1) is 0 Å². The van der Waals surface area contributed by atoms with Crippen LogP contribution in [-0.2, 0) is 19.6 Å². The van der Waals surface area contributed by atoms with E-state index in [-0.39, 0.29) is 35.6 Å². The minimum atomic E-state index is -3.67. The summed E-state index contributed by atoms with van der Waals surface area (Å²) in [6.45, 7) is -0.0255. The maximum Gasteiger partial charge on any atom is 0.240 e. The van der Waals surface area contributed by atoms with Crippen LogP contribution in [0.4, 0.5) is 11.4 Å². The third-order valence-electron chi connectivity index (χ3n) is 4.13. The Labute approximate surface area is 172 Å². The van der Waals surface area contributed by atoms with Gasteiger partial charge in [0.05, 0.1) is 4.90 Å². The first-order valence-electron chi connectivity index (χ1n) is 8.79. The Kier molecular flexibility index (Phi) is 6.48. The molecule has 148 valence electrons. The van der Waals surface area contributed by atoms with E-state index in [0.29, 0.717) is 11.4 Å². The molecule has 2 aromatic rings. The maximum absolute atomic E-state index is 12.2. The van der Waals surface area contributed by atoms with E-state index < -0.39 is 10.0 Å². The topological polar surface area (TPSA) is 104 Å². The molecule has 3 rings (SSSR count). The second-order valence-corrected chi connectivity index (χ2v) is 9.18. The normalized spacial score (nSPS) is 13.8. The molecule has 1 aliphatic rings. The molecule has 0 unspecified atom stereocenters. The monoisotopic (exact) mass is 465 g/mol. The second-order valence-electron chi connectivity index (χ2n) is 6.49.